The van der Waals surface area contributed by atoms with E-state index >= 15 is 0 Å². The van der Waals surface area contributed by atoms with E-state index in [1.54, 1.807) is 0 Å². The van der Waals surface area contributed by atoms with Crippen molar-refractivity contribution < 1.29 is 0 Å². The van der Waals surface area contributed by atoms with Crippen LogP contribution < -0.4 is 10.6 Å². The fourth-order valence-corrected chi connectivity index (χ4v) is 2.68. The van der Waals surface area contributed by atoms with Crippen molar-refractivity contribution in [1.82, 2.24) is 0 Å². The number of rotatable bonds is 4. The minimum Gasteiger partial charge on any atom is -0.371 e. The van der Waals surface area contributed by atoms with E-state index in [2.05, 4.69) is 17.0 Å². The molecular weight excluding hydrogens is 232 g/mol. The molecule has 0 saturated carbocycles. The third-order valence-electron chi connectivity index (χ3n) is 3.39. The molecule has 3 heteroatoms. The summed E-state index contributed by atoms with van der Waals surface area (Å²) in [7, 11) is 0. The second-order valence-electron chi connectivity index (χ2n) is 4.71. The molecule has 0 aromatic heterocycles. The van der Waals surface area contributed by atoms with E-state index in [4.69, 9.17) is 17.3 Å². The molecule has 2 nitrogen and oxygen atoms in total. The molecule has 0 spiro atoms. The largest absolute Gasteiger partial charge is 0.371 e. The molecule has 1 aliphatic heterocycles. The third-order valence-corrected chi connectivity index (χ3v) is 3.62. The molecule has 1 heterocycles. The van der Waals surface area contributed by atoms with E-state index in [9.17, 15) is 0 Å². The van der Waals surface area contributed by atoms with E-state index in [-0.39, 0.29) is 0 Å². The maximum atomic E-state index is 6.08. The molecule has 1 fully saturated rings. The highest BCUT2D eigenvalue weighted by Gasteiger charge is 2.14. The molecule has 1 aromatic rings. The smallest absolute Gasteiger partial charge is 0.0410 e. The number of aryl methyl sites for hydroxylation is 1. The normalized spacial score (nSPS) is 16.2. The summed E-state index contributed by atoms with van der Waals surface area (Å²) in [6.07, 6.45) is 6.03. The number of nitrogens with two attached hydrogens (primary N) is 1. The van der Waals surface area contributed by atoms with Crippen molar-refractivity contribution in [3.8, 4) is 0 Å². The van der Waals surface area contributed by atoms with Gasteiger partial charge in [-0.05, 0) is 62.4 Å². The van der Waals surface area contributed by atoms with Gasteiger partial charge in [0.1, 0.15) is 0 Å². The predicted molar refractivity (Wildman–Crippen MR) is 74.9 cm³/mol. The van der Waals surface area contributed by atoms with Gasteiger partial charge in [-0.15, -0.1) is 0 Å². The molecule has 94 valence electrons. The predicted octanol–water partition coefficient (Wildman–Crippen LogP) is 3.22. The average Bonchev–Trinajstić information content (AvgIpc) is 2.37. The molecule has 17 heavy (non-hydrogen) atoms. The van der Waals surface area contributed by atoms with Crippen LogP contribution in [0.2, 0.25) is 5.02 Å². The number of benzene rings is 1. The summed E-state index contributed by atoms with van der Waals surface area (Å²) in [5.41, 5.74) is 8.31. The lowest BCUT2D eigenvalue weighted by molar-refractivity contribution is 0.576. The summed E-state index contributed by atoms with van der Waals surface area (Å²) >= 11 is 6.08. The van der Waals surface area contributed by atoms with Gasteiger partial charge < -0.3 is 10.6 Å². The number of hydrogen-bond acceptors (Lipinski definition) is 2. The van der Waals surface area contributed by atoms with Gasteiger partial charge >= 0.3 is 0 Å². The SMILES string of the molecule is NCCCc1cc(Cl)ccc1N1CCCCC1. The van der Waals surface area contributed by atoms with Crippen LogP contribution >= 0.6 is 11.6 Å². The molecule has 1 aromatic carbocycles. The minimum absolute atomic E-state index is 0.742. The summed E-state index contributed by atoms with van der Waals surface area (Å²) in [5.74, 6) is 0. The number of anilines is 1. The van der Waals surface area contributed by atoms with E-state index < -0.39 is 0 Å². The van der Waals surface area contributed by atoms with Gasteiger partial charge in [0.15, 0.2) is 0 Å². The Bertz CT molecular complexity index is 359. The number of halogens is 1. The Hall–Kier alpha value is -0.730. The fourth-order valence-electron chi connectivity index (χ4n) is 2.49. The first-order chi connectivity index (χ1) is 8.31. The van der Waals surface area contributed by atoms with Crippen LogP contribution in [-0.4, -0.2) is 19.6 Å². The van der Waals surface area contributed by atoms with Crippen molar-refractivity contribution in [2.75, 3.05) is 24.5 Å². The molecule has 1 saturated heterocycles. The standard InChI is InChI=1S/C14H21ClN2/c15-13-6-7-14(12(11-13)5-4-8-16)17-9-2-1-3-10-17/h6-7,11H,1-5,8-10,16H2. The first kappa shape index (κ1) is 12.7. The molecule has 0 unspecified atom stereocenters. The van der Waals surface area contributed by atoms with Gasteiger partial charge in [-0.2, -0.15) is 0 Å². The van der Waals surface area contributed by atoms with Crippen molar-refractivity contribution in [3.05, 3.63) is 28.8 Å². The number of nitrogens with zero attached hydrogens (tertiary/aromatic N) is 1. The Balaban J connectivity index is 2.18. The quantitative estimate of drug-likeness (QED) is 0.892. The van der Waals surface area contributed by atoms with Crippen LogP contribution in [0.25, 0.3) is 0 Å². The monoisotopic (exact) mass is 252 g/mol. The third kappa shape index (κ3) is 3.36. The zero-order valence-electron chi connectivity index (χ0n) is 10.3. The van der Waals surface area contributed by atoms with Crippen molar-refractivity contribution >= 4 is 17.3 Å². The highest BCUT2D eigenvalue weighted by Crippen LogP contribution is 2.27. The highest BCUT2D eigenvalue weighted by molar-refractivity contribution is 6.30. The van der Waals surface area contributed by atoms with Crippen LogP contribution in [0.3, 0.4) is 0 Å². The van der Waals surface area contributed by atoms with E-state index in [0.29, 0.717) is 0 Å². The Kier molecular flexibility index (Phi) is 4.69. The van der Waals surface area contributed by atoms with Gasteiger partial charge in [-0.1, -0.05) is 11.6 Å². The van der Waals surface area contributed by atoms with E-state index in [1.165, 1.54) is 43.6 Å². The summed E-state index contributed by atoms with van der Waals surface area (Å²) < 4.78 is 0. The van der Waals surface area contributed by atoms with Gasteiger partial charge in [-0.25, -0.2) is 0 Å². The van der Waals surface area contributed by atoms with Crippen LogP contribution in [0.1, 0.15) is 31.2 Å². The van der Waals surface area contributed by atoms with Crippen LogP contribution in [0.15, 0.2) is 18.2 Å². The lowest BCUT2D eigenvalue weighted by Crippen LogP contribution is -2.30. The summed E-state index contributed by atoms with van der Waals surface area (Å²) in [4.78, 5) is 2.49. The molecule has 0 aliphatic carbocycles. The van der Waals surface area contributed by atoms with Gasteiger partial charge in [0, 0.05) is 23.8 Å². The maximum absolute atomic E-state index is 6.08. The van der Waals surface area contributed by atoms with E-state index in [1.807, 2.05) is 6.07 Å². The first-order valence-corrected chi connectivity index (χ1v) is 6.92. The summed E-state index contributed by atoms with van der Waals surface area (Å²) in [6, 6.07) is 6.26. The lowest BCUT2D eigenvalue weighted by Gasteiger charge is -2.30. The lowest BCUT2D eigenvalue weighted by atomic mass is 10.0. The highest BCUT2D eigenvalue weighted by atomic mass is 35.5. The zero-order valence-corrected chi connectivity index (χ0v) is 11.0. The van der Waals surface area contributed by atoms with Crippen molar-refractivity contribution in [2.45, 2.75) is 32.1 Å². The number of hydrogen-bond donors (Lipinski definition) is 1. The summed E-state index contributed by atoms with van der Waals surface area (Å²) in [6.45, 7) is 3.10. The molecule has 0 atom stereocenters. The Morgan fingerprint density at radius 2 is 1.94 bits per heavy atom. The Labute approximate surface area is 109 Å². The molecule has 0 amide bonds. The van der Waals surface area contributed by atoms with Crippen LogP contribution in [0, 0.1) is 0 Å². The Morgan fingerprint density at radius 3 is 2.65 bits per heavy atom. The van der Waals surface area contributed by atoms with Gasteiger partial charge in [0.25, 0.3) is 0 Å². The van der Waals surface area contributed by atoms with Gasteiger partial charge in [0.05, 0.1) is 0 Å². The van der Waals surface area contributed by atoms with Crippen molar-refractivity contribution in [1.29, 1.82) is 0 Å². The zero-order chi connectivity index (χ0) is 12.1. The van der Waals surface area contributed by atoms with Crippen LogP contribution in [0.4, 0.5) is 5.69 Å². The van der Waals surface area contributed by atoms with Crippen molar-refractivity contribution in [2.24, 2.45) is 5.73 Å². The molecule has 0 radical (unpaired) electrons. The van der Waals surface area contributed by atoms with Crippen LogP contribution in [0.5, 0.6) is 0 Å². The molecule has 2 rings (SSSR count). The van der Waals surface area contributed by atoms with Crippen molar-refractivity contribution in [3.63, 3.8) is 0 Å². The average molecular weight is 253 g/mol. The molecular formula is C14H21ClN2. The van der Waals surface area contributed by atoms with Gasteiger partial charge in [-0.3, -0.25) is 0 Å². The summed E-state index contributed by atoms with van der Waals surface area (Å²) in [5, 5.41) is 0.831. The fraction of sp³-hybridized carbons (Fsp3) is 0.571. The Morgan fingerprint density at radius 1 is 1.18 bits per heavy atom. The van der Waals surface area contributed by atoms with E-state index in [0.717, 1.165) is 24.4 Å². The molecule has 0 bridgehead atoms. The molecule has 2 N–H and O–H groups in total. The molecule has 1 aliphatic rings. The second-order valence-corrected chi connectivity index (χ2v) is 5.15. The number of piperidine rings is 1. The second kappa shape index (κ2) is 6.27. The van der Waals surface area contributed by atoms with Gasteiger partial charge in [0.2, 0.25) is 0 Å². The maximum Gasteiger partial charge on any atom is 0.0410 e. The first-order valence-electron chi connectivity index (χ1n) is 6.54. The topological polar surface area (TPSA) is 29.3 Å². The van der Waals surface area contributed by atoms with Crippen LogP contribution in [-0.2, 0) is 6.42 Å². The minimum atomic E-state index is 0.742.